The van der Waals surface area contributed by atoms with Gasteiger partial charge in [0.25, 0.3) is 0 Å². The average molecular weight is 329 g/mol. The van der Waals surface area contributed by atoms with Gasteiger partial charge in [0, 0.05) is 19.0 Å². The molecular formula is C16H23N7O. The molecule has 1 atom stereocenters. The molecule has 1 amide bonds. The Morgan fingerprint density at radius 1 is 1.33 bits per heavy atom. The summed E-state index contributed by atoms with van der Waals surface area (Å²) in [6.07, 6.45) is 2.51. The van der Waals surface area contributed by atoms with E-state index < -0.39 is 0 Å². The highest BCUT2D eigenvalue weighted by Crippen LogP contribution is 2.19. The molecule has 128 valence electrons. The molecule has 0 bridgehead atoms. The number of amides is 1. The van der Waals surface area contributed by atoms with Gasteiger partial charge in [-0.2, -0.15) is 15.6 Å². The lowest BCUT2D eigenvalue weighted by Crippen LogP contribution is -2.38. The summed E-state index contributed by atoms with van der Waals surface area (Å²) in [7, 11) is 0. The predicted molar refractivity (Wildman–Crippen MR) is 86.5 cm³/mol. The molecule has 0 saturated carbocycles. The van der Waals surface area contributed by atoms with Gasteiger partial charge in [-0.3, -0.25) is 9.69 Å². The highest BCUT2D eigenvalue weighted by atomic mass is 16.2. The minimum atomic E-state index is -0.142. The normalized spacial score (nSPS) is 17.4. The van der Waals surface area contributed by atoms with E-state index in [-0.39, 0.29) is 19.0 Å². The molecule has 1 aliphatic rings. The van der Waals surface area contributed by atoms with E-state index in [1.54, 1.807) is 0 Å². The lowest BCUT2D eigenvalue weighted by Gasteiger charge is -2.25. The van der Waals surface area contributed by atoms with Gasteiger partial charge in [0.2, 0.25) is 5.91 Å². The molecule has 0 spiro atoms. The summed E-state index contributed by atoms with van der Waals surface area (Å²) in [6.45, 7) is 6.14. The fraction of sp³-hybridized carbons (Fsp3) is 0.688. The molecule has 8 nitrogen and oxygen atoms in total. The van der Waals surface area contributed by atoms with Gasteiger partial charge >= 0.3 is 0 Å². The van der Waals surface area contributed by atoms with E-state index >= 15 is 0 Å². The van der Waals surface area contributed by atoms with Gasteiger partial charge in [0.05, 0.1) is 18.7 Å². The smallest absolute Gasteiger partial charge is 0.225 e. The van der Waals surface area contributed by atoms with Crippen molar-refractivity contribution in [2.75, 3.05) is 26.2 Å². The molecule has 1 aromatic rings. The Kier molecular flexibility index (Phi) is 6.28. The summed E-state index contributed by atoms with van der Waals surface area (Å²) in [6, 6.07) is 4.21. The molecular weight excluding hydrogens is 306 g/mol. The quantitative estimate of drug-likeness (QED) is 0.680. The van der Waals surface area contributed by atoms with Crippen molar-refractivity contribution in [2.24, 2.45) is 0 Å². The van der Waals surface area contributed by atoms with Gasteiger partial charge in [0.1, 0.15) is 24.7 Å². The molecule has 1 fully saturated rings. The van der Waals surface area contributed by atoms with Crippen LogP contribution >= 0.6 is 0 Å². The van der Waals surface area contributed by atoms with E-state index in [0.717, 1.165) is 37.6 Å². The molecule has 2 rings (SSSR count). The highest BCUT2D eigenvalue weighted by Gasteiger charge is 2.26. The van der Waals surface area contributed by atoms with Gasteiger partial charge in [0.15, 0.2) is 0 Å². The number of likely N-dealkylation sites (tertiary alicyclic amines) is 1. The number of aromatic nitrogens is 3. The first-order chi connectivity index (χ1) is 11.5. The largest absolute Gasteiger partial charge is 0.316 e. The minimum Gasteiger partial charge on any atom is -0.316 e. The maximum atomic E-state index is 12.2. The Labute approximate surface area is 142 Å². The molecule has 0 unspecified atom stereocenters. The standard InChI is InChI=1S/C16H23N7O/c1-13-19-14(2)23(20-13)12-15-4-3-8-21(15)9-5-16(24)22(10-6-17)11-7-18/h15H,3-5,8-12H2,1-2H3/t15-/m1/s1. The molecule has 24 heavy (non-hydrogen) atoms. The van der Waals surface area contributed by atoms with Crippen LogP contribution in [0.2, 0.25) is 0 Å². The third-order valence-electron chi connectivity index (χ3n) is 4.33. The molecule has 0 aliphatic carbocycles. The summed E-state index contributed by atoms with van der Waals surface area (Å²) in [4.78, 5) is 20.1. The Morgan fingerprint density at radius 2 is 2.04 bits per heavy atom. The number of hydrogen-bond acceptors (Lipinski definition) is 6. The summed E-state index contributed by atoms with van der Waals surface area (Å²) in [5.41, 5.74) is 0. The Bertz CT molecular complexity index is 638. The van der Waals surface area contributed by atoms with Crippen LogP contribution in [-0.4, -0.2) is 62.7 Å². The molecule has 0 N–H and O–H groups in total. The fourth-order valence-corrected chi connectivity index (χ4v) is 3.13. The van der Waals surface area contributed by atoms with E-state index in [1.807, 2.05) is 30.7 Å². The molecule has 0 radical (unpaired) electrons. The van der Waals surface area contributed by atoms with Crippen LogP contribution in [0.25, 0.3) is 0 Å². The lowest BCUT2D eigenvalue weighted by atomic mass is 10.2. The van der Waals surface area contributed by atoms with Crippen molar-refractivity contribution < 1.29 is 4.79 Å². The number of aryl methyl sites for hydroxylation is 2. The molecule has 1 aliphatic heterocycles. The van der Waals surface area contributed by atoms with Crippen molar-refractivity contribution in [3.8, 4) is 12.1 Å². The maximum absolute atomic E-state index is 12.2. The summed E-state index contributed by atoms with van der Waals surface area (Å²) >= 11 is 0. The van der Waals surface area contributed by atoms with Crippen LogP contribution in [0.15, 0.2) is 0 Å². The van der Waals surface area contributed by atoms with E-state index in [2.05, 4.69) is 15.0 Å². The van der Waals surface area contributed by atoms with Crippen molar-refractivity contribution in [3.63, 3.8) is 0 Å². The monoisotopic (exact) mass is 329 g/mol. The van der Waals surface area contributed by atoms with Crippen LogP contribution in [-0.2, 0) is 11.3 Å². The topological polar surface area (TPSA) is 102 Å². The molecule has 1 aromatic heterocycles. The number of nitriles is 2. The summed E-state index contributed by atoms with van der Waals surface area (Å²) in [5.74, 6) is 1.54. The highest BCUT2D eigenvalue weighted by molar-refractivity contribution is 5.76. The van der Waals surface area contributed by atoms with Crippen molar-refractivity contribution in [1.82, 2.24) is 24.6 Å². The third-order valence-corrected chi connectivity index (χ3v) is 4.33. The molecule has 0 aromatic carbocycles. The van der Waals surface area contributed by atoms with E-state index in [1.165, 1.54) is 4.90 Å². The van der Waals surface area contributed by atoms with Gasteiger partial charge in [-0.25, -0.2) is 9.67 Å². The van der Waals surface area contributed by atoms with Crippen LogP contribution in [0.4, 0.5) is 0 Å². The first kappa shape index (κ1) is 17.9. The van der Waals surface area contributed by atoms with Gasteiger partial charge in [-0.1, -0.05) is 0 Å². The number of carbonyl (C=O) groups excluding carboxylic acids is 1. The summed E-state index contributed by atoms with van der Waals surface area (Å²) < 4.78 is 1.93. The Hall–Kier alpha value is -2.45. The van der Waals surface area contributed by atoms with Crippen molar-refractivity contribution in [2.45, 2.75) is 45.7 Å². The predicted octanol–water partition coefficient (Wildman–Crippen LogP) is 0.625. The second-order valence-corrected chi connectivity index (χ2v) is 6.04. The molecule has 1 saturated heterocycles. The summed E-state index contributed by atoms with van der Waals surface area (Å²) in [5, 5.41) is 21.9. The first-order valence-electron chi connectivity index (χ1n) is 8.19. The first-order valence-corrected chi connectivity index (χ1v) is 8.19. The SMILES string of the molecule is Cc1nc(C)n(C[C@H]2CCCN2CCC(=O)N(CC#N)CC#N)n1. The second kappa shape index (κ2) is 8.42. The van der Waals surface area contributed by atoms with Gasteiger partial charge in [-0.05, 0) is 33.2 Å². The lowest BCUT2D eigenvalue weighted by molar-refractivity contribution is -0.130. The van der Waals surface area contributed by atoms with Crippen molar-refractivity contribution >= 4 is 5.91 Å². The van der Waals surface area contributed by atoms with Gasteiger partial charge < -0.3 is 4.90 Å². The number of hydrogen-bond donors (Lipinski definition) is 0. The number of carbonyl (C=O) groups is 1. The van der Waals surface area contributed by atoms with Crippen LogP contribution in [0.3, 0.4) is 0 Å². The minimum absolute atomic E-state index is 0.0345. The Balaban J connectivity index is 1.89. The van der Waals surface area contributed by atoms with Crippen molar-refractivity contribution in [3.05, 3.63) is 11.6 Å². The molecule has 2 heterocycles. The third kappa shape index (κ3) is 4.53. The van der Waals surface area contributed by atoms with Crippen LogP contribution in [0.5, 0.6) is 0 Å². The van der Waals surface area contributed by atoms with Crippen LogP contribution in [0.1, 0.15) is 30.9 Å². The van der Waals surface area contributed by atoms with Crippen molar-refractivity contribution in [1.29, 1.82) is 10.5 Å². The zero-order chi connectivity index (χ0) is 17.5. The molecule has 8 heteroatoms. The average Bonchev–Trinajstić information content (AvgIpc) is 3.11. The number of rotatable bonds is 7. The van der Waals surface area contributed by atoms with Gasteiger partial charge in [-0.15, -0.1) is 0 Å². The van der Waals surface area contributed by atoms with E-state index in [0.29, 0.717) is 19.0 Å². The Morgan fingerprint density at radius 3 is 2.62 bits per heavy atom. The zero-order valence-electron chi connectivity index (χ0n) is 14.3. The van der Waals surface area contributed by atoms with Crippen LogP contribution < -0.4 is 0 Å². The number of nitrogens with zero attached hydrogens (tertiary/aromatic N) is 7. The zero-order valence-corrected chi connectivity index (χ0v) is 14.3. The van der Waals surface area contributed by atoms with Crippen LogP contribution in [0, 0.1) is 36.5 Å². The second-order valence-electron chi connectivity index (χ2n) is 6.04. The maximum Gasteiger partial charge on any atom is 0.225 e. The fourth-order valence-electron chi connectivity index (χ4n) is 3.13. The van der Waals surface area contributed by atoms with E-state index in [9.17, 15) is 4.79 Å². The van der Waals surface area contributed by atoms with E-state index in [4.69, 9.17) is 10.5 Å².